The molecule has 50 valence electrons. The molecule has 0 saturated carbocycles. The summed E-state index contributed by atoms with van der Waals surface area (Å²) < 4.78 is 1.04. The molecule has 0 bridgehead atoms. The van der Waals surface area contributed by atoms with Crippen LogP contribution in [0.25, 0.3) is 0 Å². The molecule has 0 aromatic heterocycles. The van der Waals surface area contributed by atoms with Crippen LogP contribution in [-0.4, -0.2) is 6.54 Å². The molecule has 0 unspecified atom stereocenters. The van der Waals surface area contributed by atoms with E-state index in [0.717, 1.165) is 23.9 Å². The van der Waals surface area contributed by atoms with Gasteiger partial charge in [0.15, 0.2) is 0 Å². The molecule has 0 fully saturated rings. The Morgan fingerprint density at radius 1 is 1.62 bits per heavy atom. The fourth-order valence-electron chi connectivity index (χ4n) is 0.294. The van der Waals surface area contributed by atoms with E-state index in [1.807, 2.05) is 0 Å². The maximum absolute atomic E-state index is 5.21. The SMILES string of the molecule is C=C(Br)CCCN.Cl. The highest BCUT2D eigenvalue weighted by Gasteiger charge is 1.83. The summed E-state index contributed by atoms with van der Waals surface area (Å²) in [5.74, 6) is 0. The van der Waals surface area contributed by atoms with Crippen molar-refractivity contribution in [3.8, 4) is 0 Å². The maximum atomic E-state index is 5.21. The third-order valence-corrected chi connectivity index (χ3v) is 1.05. The fourth-order valence-corrected chi connectivity index (χ4v) is 0.574. The first kappa shape index (κ1) is 11.3. The van der Waals surface area contributed by atoms with Gasteiger partial charge in [-0.2, -0.15) is 0 Å². The van der Waals surface area contributed by atoms with E-state index < -0.39 is 0 Å². The first-order chi connectivity index (χ1) is 3.27. The average Bonchev–Trinajstić information content (AvgIpc) is 1.61. The van der Waals surface area contributed by atoms with Gasteiger partial charge in [-0.3, -0.25) is 0 Å². The quantitative estimate of drug-likeness (QED) is 0.741. The van der Waals surface area contributed by atoms with Gasteiger partial charge in [-0.25, -0.2) is 0 Å². The number of allylic oxidation sites excluding steroid dienone is 1. The van der Waals surface area contributed by atoms with Crippen molar-refractivity contribution in [3.63, 3.8) is 0 Å². The minimum absolute atomic E-state index is 0. The standard InChI is InChI=1S/C5H10BrN.ClH/c1-5(6)3-2-4-7;/h1-4,7H2;1H. The maximum Gasteiger partial charge on any atom is -0.00739 e. The lowest BCUT2D eigenvalue weighted by atomic mass is 10.3. The molecule has 2 N–H and O–H groups in total. The molecule has 0 spiro atoms. The molecule has 0 radical (unpaired) electrons. The predicted octanol–water partition coefficient (Wildman–Crippen LogP) is 2.06. The molecule has 0 aliphatic carbocycles. The second-order valence-corrected chi connectivity index (χ2v) is 2.53. The zero-order valence-electron chi connectivity index (χ0n) is 4.69. The van der Waals surface area contributed by atoms with Crippen molar-refractivity contribution in [2.75, 3.05) is 6.54 Å². The van der Waals surface area contributed by atoms with Crippen LogP contribution < -0.4 is 5.73 Å². The lowest BCUT2D eigenvalue weighted by molar-refractivity contribution is 0.851. The molecule has 0 amide bonds. The molecule has 3 heteroatoms. The topological polar surface area (TPSA) is 26.0 Å². The highest BCUT2D eigenvalue weighted by molar-refractivity contribution is 9.11. The summed E-state index contributed by atoms with van der Waals surface area (Å²) in [6, 6.07) is 0. The van der Waals surface area contributed by atoms with Crippen molar-refractivity contribution in [2.24, 2.45) is 5.73 Å². The predicted molar refractivity (Wildman–Crippen MR) is 43.6 cm³/mol. The van der Waals surface area contributed by atoms with E-state index >= 15 is 0 Å². The highest BCUT2D eigenvalue weighted by atomic mass is 79.9. The molecule has 0 aromatic carbocycles. The summed E-state index contributed by atoms with van der Waals surface area (Å²) in [7, 11) is 0. The fraction of sp³-hybridized carbons (Fsp3) is 0.600. The monoisotopic (exact) mass is 199 g/mol. The molecule has 0 aromatic rings. The Morgan fingerprint density at radius 2 is 2.12 bits per heavy atom. The highest BCUT2D eigenvalue weighted by Crippen LogP contribution is 2.07. The zero-order chi connectivity index (χ0) is 5.70. The number of nitrogens with two attached hydrogens (primary N) is 1. The molecule has 0 aliphatic rings. The van der Waals surface area contributed by atoms with Gasteiger partial charge in [0.05, 0.1) is 0 Å². The van der Waals surface area contributed by atoms with E-state index in [4.69, 9.17) is 5.73 Å². The van der Waals surface area contributed by atoms with Crippen LogP contribution in [0.3, 0.4) is 0 Å². The van der Waals surface area contributed by atoms with E-state index in [1.54, 1.807) is 0 Å². The first-order valence-corrected chi connectivity index (χ1v) is 3.10. The van der Waals surface area contributed by atoms with Gasteiger partial charge in [-0.05, 0) is 23.9 Å². The lowest BCUT2D eigenvalue weighted by Gasteiger charge is -1.90. The Morgan fingerprint density at radius 3 is 2.25 bits per heavy atom. The second-order valence-electron chi connectivity index (χ2n) is 1.41. The van der Waals surface area contributed by atoms with E-state index in [2.05, 4.69) is 22.5 Å². The van der Waals surface area contributed by atoms with E-state index in [1.165, 1.54) is 0 Å². The molecule has 1 nitrogen and oxygen atoms in total. The van der Waals surface area contributed by atoms with Crippen molar-refractivity contribution in [1.29, 1.82) is 0 Å². The minimum Gasteiger partial charge on any atom is -0.330 e. The van der Waals surface area contributed by atoms with E-state index in [9.17, 15) is 0 Å². The summed E-state index contributed by atoms with van der Waals surface area (Å²) in [5, 5.41) is 0. The molecule has 0 heterocycles. The van der Waals surface area contributed by atoms with Crippen molar-refractivity contribution in [3.05, 3.63) is 11.1 Å². The number of hydrogen-bond donors (Lipinski definition) is 1. The molecule has 0 aliphatic heterocycles. The Labute approximate surface area is 64.9 Å². The summed E-state index contributed by atoms with van der Waals surface area (Å²) in [4.78, 5) is 0. The van der Waals surface area contributed by atoms with Crippen LogP contribution in [0.4, 0.5) is 0 Å². The van der Waals surface area contributed by atoms with Gasteiger partial charge in [0.25, 0.3) is 0 Å². The summed E-state index contributed by atoms with van der Waals surface area (Å²) in [5.41, 5.74) is 5.21. The third kappa shape index (κ3) is 9.69. The smallest absolute Gasteiger partial charge is 0.00739 e. The van der Waals surface area contributed by atoms with E-state index in [0.29, 0.717) is 0 Å². The van der Waals surface area contributed by atoms with Crippen LogP contribution in [0.5, 0.6) is 0 Å². The molecule has 0 rings (SSSR count). The minimum atomic E-state index is 0. The molecular weight excluding hydrogens is 189 g/mol. The van der Waals surface area contributed by atoms with Crippen LogP contribution in [0, 0.1) is 0 Å². The Kier molecular flexibility index (Phi) is 10.5. The van der Waals surface area contributed by atoms with Crippen molar-refractivity contribution in [1.82, 2.24) is 0 Å². The summed E-state index contributed by atoms with van der Waals surface area (Å²) in [6.07, 6.45) is 2.03. The normalized spacial score (nSPS) is 7.75. The van der Waals surface area contributed by atoms with Gasteiger partial charge in [0.2, 0.25) is 0 Å². The van der Waals surface area contributed by atoms with Crippen LogP contribution in [0.15, 0.2) is 11.1 Å². The van der Waals surface area contributed by atoms with Gasteiger partial charge in [0.1, 0.15) is 0 Å². The van der Waals surface area contributed by atoms with Gasteiger partial charge in [0, 0.05) is 0 Å². The van der Waals surface area contributed by atoms with Gasteiger partial charge >= 0.3 is 0 Å². The molecule has 0 saturated heterocycles. The van der Waals surface area contributed by atoms with Crippen LogP contribution in [0.2, 0.25) is 0 Å². The first-order valence-electron chi connectivity index (χ1n) is 2.30. The Bertz CT molecular complexity index is 65.4. The molecular formula is C5H11BrClN. The van der Waals surface area contributed by atoms with Gasteiger partial charge in [-0.15, -0.1) is 12.4 Å². The summed E-state index contributed by atoms with van der Waals surface area (Å²) >= 11 is 3.23. The number of halogens is 2. The Balaban J connectivity index is 0. The summed E-state index contributed by atoms with van der Waals surface area (Å²) in [6.45, 7) is 4.41. The average molecular weight is 201 g/mol. The van der Waals surface area contributed by atoms with Gasteiger partial charge < -0.3 is 5.73 Å². The van der Waals surface area contributed by atoms with E-state index in [-0.39, 0.29) is 12.4 Å². The van der Waals surface area contributed by atoms with Crippen molar-refractivity contribution < 1.29 is 0 Å². The lowest BCUT2D eigenvalue weighted by Crippen LogP contribution is -1.96. The van der Waals surface area contributed by atoms with Crippen LogP contribution in [-0.2, 0) is 0 Å². The van der Waals surface area contributed by atoms with Crippen molar-refractivity contribution >= 4 is 28.3 Å². The third-order valence-electron chi connectivity index (χ3n) is 0.652. The molecule has 8 heavy (non-hydrogen) atoms. The van der Waals surface area contributed by atoms with Crippen molar-refractivity contribution in [2.45, 2.75) is 12.8 Å². The van der Waals surface area contributed by atoms with Gasteiger partial charge in [-0.1, -0.05) is 22.5 Å². The number of hydrogen-bond acceptors (Lipinski definition) is 1. The van der Waals surface area contributed by atoms with Crippen LogP contribution in [0.1, 0.15) is 12.8 Å². The zero-order valence-corrected chi connectivity index (χ0v) is 7.09. The largest absolute Gasteiger partial charge is 0.330 e. The Hall–Kier alpha value is 0.470. The second kappa shape index (κ2) is 7.47. The molecule has 0 atom stereocenters. The number of rotatable bonds is 3. The van der Waals surface area contributed by atoms with Crippen LogP contribution >= 0.6 is 28.3 Å².